The molecule has 5 aliphatic rings. The maximum Gasteiger partial charge on any atom is 0.351 e. The molecular formula is C61H86N17O29P4S4-3. The van der Waals surface area contributed by atoms with Crippen LogP contribution in [-0.4, -0.2) is 216 Å². The lowest BCUT2D eigenvalue weighted by atomic mass is 9.89. The smallest absolute Gasteiger partial charge is 0.351 e. The average Bonchev–Trinajstić information content (AvgIpc) is 1.64. The number of aliphatic hydroxyl groups is 1. The van der Waals surface area contributed by atoms with Crippen LogP contribution in [0.15, 0.2) is 82.9 Å². The molecule has 11 rings (SSSR count). The fourth-order valence-corrected chi connectivity index (χ4v) is 19.5. The minimum absolute atomic E-state index is 0.00793. The van der Waals surface area contributed by atoms with E-state index < -0.39 is 179 Å². The van der Waals surface area contributed by atoms with E-state index in [9.17, 15) is 57.8 Å². The minimum Gasteiger partial charge on any atom is -0.780 e. The minimum atomic E-state index is -4.91. The first kappa shape index (κ1) is 89.8. The highest BCUT2D eigenvalue weighted by molar-refractivity contribution is 8.32. The van der Waals surface area contributed by atoms with Crippen molar-refractivity contribution in [3.05, 3.63) is 128 Å². The molecule has 13 N–H and O–H groups in total. The number of carbonyl (C=O) groups is 1. The number of amides is 1. The van der Waals surface area contributed by atoms with Gasteiger partial charge in [0.15, 0.2) is 18.0 Å². The summed E-state index contributed by atoms with van der Waals surface area (Å²) >= 11 is 22.5. The molecule has 636 valence electrons. The number of nitrogens with one attached hydrogen (secondary N) is 4. The average molecular weight is 1770 g/mol. The van der Waals surface area contributed by atoms with Gasteiger partial charge >= 0.3 is 29.5 Å². The number of ether oxygens (including phenoxy) is 8. The second-order valence-electron chi connectivity index (χ2n) is 26.9. The number of nitrogens with zero attached hydrogens (tertiary/aromatic N) is 9. The highest BCUT2D eigenvalue weighted by atomic mass is 32.7. The van der Waals surface area contributed by atoms with E-state index in [0.717, 1.165) is 26.0 Å². The molecule has 0 bridgehead atoms. The number of nitrogens with two attached hydrogens (primary N) is 4. The fraction of sp³-hybridized carbons (Fsp3) is 0.639. The molecule has 5 aliphatic heterocycles. The molecule has 0 aromatic carbocycles. The van der Waals surface area contributed by atoms with Crippen LogP contribution in [0.3, 0.4) is 0 Å². The molecule has 54 heteroatoms. The Bertz CT molecular complexity index is 5020. The van der Waals surface area contributed by atoms with E-state index in [1.165, 1.54) is 53.1 Å². The standard InChI is InChI=1S/C61H89N17O29P4S4/c1-32(2)34-20-48(74-10-4-44(63)68-58(74)84)100-40(34)27-98-111(115,94-19-18-93-17-16-92-15-9-66-46(80)7-13-91-14-8-62)107-38-24-51(77-25-33(3)55(82)73-61(77)87)102-43(38)30-97-110(90,114)106-37-23-52(78-31-67-53-54(78)71-57(65)72-56(53)83)103-42(37)29-96-109(89,113)105-36-22-50(75-11-5-45(64)69-59(75)85)101-41(36)28-95-108(88,112)104-35-21-49(99-39(35)26-79)76-12-6-47(81)70-60(76)86/h4-6,10-12,25,31-32,34-43,48-52,79H,7-9,13-24,26-30,62H2,1-3H3,(H,66,80)(H,88,112)(H,89,113)(H,90,114)(H2,63,68,84)(H2,64,69,85)(H,70,81,86)(H,73,82,87)(H3,65,71,72,83)/p-3/t34?,35?,36?,37?,38?,39-,40-,41-,42-,43-,48-,49-,50-,51-,52-,108?,109?,110?,111?/m1/s1. The molecule has 5 saturated heterocycles. The van der Waals surface area contributed by atoms with Crippen molar-refractivity contribution in [2.45, 2.75) is 145 Å². The molecule has 19 atom stereocenters. The number of imidazole rings is 1. The van der Waals surface area contributed by atoms with Crippen LogP contribution in [0.4, 0.5) is 17.6 Å². The molecule has 9 unspecified atom stereocenters. The van der Waals surface area contributed by atoms with E-state index in [-0.39, 0.29) is 137 Å². The van der Waals surface area contributed by atoms with E-state index in [0.29, 0.717) is 19.6 Å². The van der Waals surface area contributed by atoms with Gasteiger partial charge in [-0.3, -0.25) is 61.5 Å². The van der Waals surface area contributed by atoms with Crippen molar-refractivity contribution in [3.8, 4) is 0 Å². The van der Waals surface area contributed by atoms with E-state index in [2.05, 4.69) is 40.2 Å². The van der Waals surface area contributed by atoms with Crippen molar-refractivity contribution in [3.63, 3.8) is 0 Å². The third kappa shape index (κ3) is 24.2. The third-order valence-electron chi connectivity index (χ3n) is 18.5. The van der Waals surface area contributed by atoms with Crippen molar-refractivity contribution in [1.29, 1.82) is 0 Å². The molecule has 6 aromatic heterocycles. The van der Waals surface area contributed by atoms with E-state index in [4.69, 9.17) is 149 Å². The highest BCUT2D eigenvalue weighted by Gasteiger charge is 2.48. The summed E-state index contributed by atoms with van der Waals surface area (Å²) < 4.78 is 123. The number of H-pyrrole nitrogens is 3. The number of rotatable bonds is 42. The first-order chi connectivity index (χ1) is 54.6. The Morgan fingerprint density at radius 3 is 1.71 bits per heavy atom. The van der Waals surface area contributed by atoms with Crippen molar-refractivity contribution < 1.29 is 103 Å². The van der Waals surface area contributed by atoms with Gasteiger partial charge in [0.2, 0.25) is 11.9 Å². The number of hydrogen-bond acceptors (Lipinski definition) is 41. The predicted octanol–water partition coefficient (Wildman–Crippen LogP) is -2.32. The summed E-state index contributed by atoms with van der Waals surface area (Å²) in [5.41, 5.74) is 17.4. The molecule has 0 radical (unpaired) electrons. The monoisotopic (exact) mass is 1770 g/mol. The fourth-order valence-electron chi connectivity index (χ4n) is 13.0. The van der Waals surface area contributed by atoms with Gasteiger partial charge in [-0.15, -0.1) is 0 Å². The molecule has 1 amide bonds. The first-order valence-electron chi connectivity index (χ1n) is 35.8. The topological polar surface area (TPSA) is 617 Å². The molecule has 0 spiro atoms. The summed E-state index contributed by atoms with van der Waals surface area (Å²) in [6.07, 6.45) is -11.8. The summed E-state index contributed by atoms with van der Waals surface area (Å²) in [6.45, 7) is -15.4. The number of hydrogen-bond donors (Lipinski definition) is 9. The molecule has 5 fully saturated rings. The normalized spacial score (nSPS) is 27.1. The van der Waals surface area contributed by atoms with Crippen LogP contribution < -0.4 is 77.5 Å². The van der Waals surface area contributed by atoms with Gasteiger partial charge in [-0.2, -0.15) is 15.0 Å². The predicted molar refractivity (Wildman–Crippen MR) is 410 cm³/mol. The Labute approximate surface area is 672 Å². The van der Waals surface area contributed by atoms with Crippen LogP contribution in [0.2, 0.25) is 0 Å². The Morgan fingerprint density at radius 2 is 1.11 bits per heavy atom. The highest BCUT2D eigenvalue weighted by Crippen LogP contribution is 2.57. The zero-order valence-electron chi connectivity index (χ0n) is 61.6. The van der Waals surface area contributed by atoms with Crippen molar-refractivity contribution >= 4 is 109 Å². The lowest BCUT2D eigenvalue weighted by Crippen LogP contribution is -2.34. The number of carbonyl (C=O) groups excluding carboxylic acids is 1. The molecule has 115 heavy (non-hydrogen) atoms. The number of aromatic nitrogens is 12. The SMILES string of the molecule is Cc1cn([C@H]2CC(OP(=S)(OCCOCCOCCNC(=O)CCOCCN)OC[C@H]3O[C@@H](n4ccc(N)nc4=O)CC3C(C)C)[C@@H](COP([O-])(=S)OC3C[C@H](n4cnc5c(=O)[nH]c(N)nc54)O[C@@H]3COP(=O)([S-])OC3C[C@H](n4ccc(N)nc4=O)O[C@@H]3COP([O-])(=S)OC3C[C@H](n4ccc(=O)[nH]c4=O)O[C@@H]3CO)O2)c(=O)[nH]c1=O. The van der Waals surface area contributed by atoms with Gasteiger partial charge in [-0.1, -0.05) is 37.5 Å². The van der Waals surface area contributed by atoms with E-state index in [1.807, 2.05) is 13.8 Å². The summed E-state index contributed by atoms with van der Waals surface area (Å²) in [5, 5.41) is 12.9. The van der Waals surface area contributed by atoms with Gasteiger partial charge < -0.3 is 134 Å². The van der Waals surface area contributed by atoms with Crippen LogP contribution in [0.5, 0.6) is 0 Å². The second-order valence-corrected chi connectivity index (χ2v) is 38.0. The molecule has 6 aromatic rings. The Balaban J connectivity index is 0.801. The van der Waals surface area contributed by atoms with E-state index >= 15 is 0 Å². The van der Waals surface area contributed by atoms with Crippen molar-refractivity contribution in [1.82, 2.24) is 63.0 Å². The largest absolute Gasteiger partial charge is 0.780 e. The van der Waals surface area contributed by atoms with Crippen LogP contribution >= 0.6 is 27.0 Å². The van der Waals surface area contributed by atoms with Crippen LogP contribution in [-0.2, 0) is 136 Å². The van der Waals surface area contributed by atoms with Gasteiger partial charge in [0.05, 0.1) is 116 Å². The number of anilines is 3. The molecule has 46 nitrogen and oxygen atoms in total. The van der Waals surface area contributed by atoms with E-state index in [1.54, 1.807) is 0 Å². The molecule has 11 heterocycles. The number of aromatic amines is 3. The summed E-state index contributed by atoms with van der Waals surface area (Å²) in [6, 6.07) is 3.80. The van der Waals surface area contributed by atoms with Crippen molar-refractivity contribution in [2.24, 2.45) is 17.6 Å². The van der Waals surface area contributed by atoms with Gasteiger partial charge in [0, 0.05) is 81.6 Å². The molecule has 0 aliphatic carbocycles. The second kappa shape index (κ2) is 39.9. The van der Waals surface area contributed by atoms with Crippen LogP contribution in [0, 0.1) is 18.8 Å². The lowest BCUT2D eigenvalue weighted by molar-refractivity contribution is -0.216. The number of fused-ring (bicyclic) bond motifs is 1. The zero-order chi connectivity index (χ0) is 82.7. The Kier molecular flexibility index (Phi) is 31.2. The van der Waals surface area contributed by atoms with Crippen molar-refractivity contribution in [2.75, 3.05) is 110 Å². The van der Waals surface area contributed by atoms with Crippen LogP contribution in [0.1, 0.15) is 89.1 Å². The maximum atomic E-state index is 14.9. The number of aliphatic hydroxyl groups excluding tert-OH is 1. The summed E-state index contributed by atoms with van der Waals surface area (Å²) in [7, 11) is 0. The quantitative estimate of drug-likeness (QED) is 0.0110. The Morgan fingerprint density at radius 1 is 0.609 bits per heavy atom. The summed E-state index contributed by atoms with van der Waals surface area (Å²) in [5.74, 6) is -0.961. The number of aryl methyl sites for hydroxylation is 1. The van der Waals surface area contributed by atoms with Gasteiger partial charge in [0.1, 0.15) is 80.6 Å². The maximum absolute atomic E-state index is 14.9. The zero-order valence-corrected chi connectivity index (χ0v) is 68.5. The van der Waals surface area contributed by atoms with Crippen LogP contribution in [0.25, 0.3) is 11.2 Å². The molecular weight excluding hydrogens is 1690 g/mol. The summed E-state index contributed by atoms with van der Waals surface area (Å²) in [4.78, 5) is 154. The lowest BCUT2D eigenvalue weighted by Gasteiger charge is -2.35. The van der Waals surface area contributed by atoms with Gasteiger partial charge in [-0.25, -0.2) is 24.2 Å². The van der Waals surface area contributed by atoms with Gasteiger partial charge in [-0.05, 0) is 49.1 Å². The third-order valence-corrected chi connectivity index (χ3v) is 25.6. The molecule has 0 saturated carbocycles. The van der Waals surface area contributed by atoms with Gasteiger partial charge in [0.25, 0.3) is 16.7 Å². The number of nitrogen functional groups attached to an aromatic ring is 3. The first-order valence-corrected chi connectivity index (χ1v) is 46.0. The Hall–Kier alpha value is -5.97.